The third-order valence-corrected chi connectivity index (χ3v) is 2.50. The van der Waals surface area contributed by atoms with Crippen LogP contribution in [0.2, 0.25) is 5.02 Å². The molecule has 0 saturated carbocycles. The quantitative estimate of drug-likeness (QED) is 0.833. The summed E-state index contributed by atoms with van der Waals surface area (Å²) in [5, 5.41) is 1.57. The second-order valence-corrected chi connectivity index (χ2v) is 4.31. The van der Waals surface area contributed by atoms with Gasteiger partial charge in [0.05, 0.1) is 11.2 Å². The van der Waals surface area contributed by atoms with Gasteiger partial charge in [0.25, 0.3) is 0 Å². The van der Waals surface area contributed by atoms with Crippen LogP contribution in [0.25, 0.3) is 10.9 Å². The number of aromatic nitrogens is 2. The SMILES string of the molecule is CC(N)Cc1nc(N)nc2ccc(Cl)cc12. The molecule has 4 N–H and O–H groups in total. The lowest BCUT2D eigenvalue weighted by atomic mass is 10.1. The minimum absolute atomic E-state index is 0.0245. The van der Waals surface area contributed by atoms with E-state index in [1.807, 2.05) is 19.1 Å². The smallest absolute Gasteiger partial charge is 0.220 e. The van der Waals surface area contributed by atoms with Crippen LogP contribution in [0, 0.1) is 0 Å². The fraction of sp³-hybridized carbons (Fsp3) is 0.273. The lowest BCUT2D eigenvalue weighted by Crippen LogP contribution is -2.19. The molecule has 4 nitrogen and oxygen atoms in total. The Labute approximate surface area is 98.6 Å². The van der Waals surface area contributed by atoms with Crippen molar-refractivity contribution >= 4 is 28.5 Å². The number of halogens is 1. The Hall–Kier alpha value is -1.39. The number of hydrogen-bond acceptors (Lipinski definition) is 4. The van der Waals surface area contributed by atoms with Crippen LogP contribution in [-0.4, -0.2) is 16.0 Å². The number of benzene rings is 1. The van der Waals surface area contributed by atoms with Crippen LogP contribution in [0.15, 0.2) is 18.2 Å². The van der Waals surface area contributed by atoms with E-state index in [1.54, 1.807) is 6.07 Å². The van der Waals surface area contributed by atoms with Crippen molar-refractivity contribution in [1.29, 1.82) is 0 Å². The number of nitrogens with two attached hydrogens (primary N) is 2. The fourth-order valence-corrected chi connectivity index (χ4v) is 1.82. The summed E-state index contributed by atoms with van der Waals surface area (Å²) in [6.07, 6.45) is 0.656. The third kappa shape index (κ3) is 2.23. The summed E-state index contributed by atoms with van der Waals surface area (Å²) < 4.78 is 0. The summed E-state index contributed by atoms with van der Waals surface area (Å²) in [5.41, 5.74) is 13.1. The Kier molecular flexibility index (Phi) is 2.94. The molecular weight excluding hydrogens is 224 g/mol. The van der Waals surface area contributed by atoms with Gasteiger partial charge in [-0.25, -0.2) is 9.97 Å². The highest BCUT2D eigenvalue weighted by molar-refractivity contribution is 6.31. The summed E-state index contributed by atoms with van der Waals surface area (Å²) in [5.74, 6) is 0.269. The van der Waals surface area contributed by atoms with Crippen molar-refractivity contribution in [2.45, 2.75) is 19.4 Å². The van der Waals surface area contributed by atoms with E-state index in [4.69, 9.17) is 23.1 Å². The zero-order valence-electron chi connectivity index (χ0n) is 8.94. The molecular formula is C11H13ClN4. The van der Waals surface area contributed by atoms with Crippen molar-refractivity contribution in [2.24, 2.45) is 5.73 Å². The van der Waals surface area contributed by atoms with E-state index < -0.39 is 0 Å². The maximum atomic E-state index is 5.95. The number of anilines is 1. The van der Waals surface area contributed by atoms with Gasteiger partial charge in [0.2, 0.25) is 5.95 Å². The molecule has 2 aromatic rings. The van der Waals surface area contributed by atoms with Crippen molar-refractivity contribution in [3.05, 3.63) is 28.9 Å². The zero-order valence-corrected chi connectivity index (χ0v) is 9.70. The van der Waals surface area contributed by atoms with Gasteiger partial charge in [0, 0.05) is 22.9 Å². The Bertz CT molecular complexity index is 525. The van der Waals surface area contributed by atoms with Crippen LogP contribution >= 0.6 is 11.6 Å². The standard InChI is InChI=1S/C11H13ClN4/c1-6(13)4-10-8-5-7(12)2-3-9(8)15-11(14)16-10/h2-3,5-6H,4,13H2,1H3,(H2,14,15,16). The molecule has 1 atom stereocenters. The van der Waals surface area contributed by atoms with Crippen molar-refractivity contribution < 1.29 is 0 Å². The molecule has 1 aromatic heterocycles. The fourth-order valence-electron chi connectivity index (χ4n) is 1.64. The summed E-state index contributed by atoms with van der Waals surface area (Å²) >= 11 is 5.95. The minimum atomic E-state index is 0.0245. The molecule has 1 aromatic carbocycles. The lowest BCUT2D eigenvalue weighted by molar-refractivity contribution is 0.726. The van der Waals surface area contributed by atoms with Crippen LogP contribution in [-0.2, 0) is 6.42 Å². The van der Waals surface area contributed by atoms with E-state index in [2.05, 4.69) is 9.97 Å². The zero-order chi connectivity index (χ0) is 11.7. The molecule has 0 aliphatic heterocycles. The van der Waals surface area contributed by atoms with Crippen molar-refractivity contribution in [2.75, 3.05) is 5.73 Å². The highest BCUT2D eigenvalue weighted by Gasteiger charge is 2.08. The molecule has 0 aliphatic rings. The second-order valence-electron chi connectivity index (χ2n) is 3.87. The summed E-state index contributed by atoms with van der Waals surface area (Å²) in [6, 6.07) is 5.48. The Morgan fingerprint density at radius 3 is 2.81 bits per heavy atom. The van der Waals surface area contributed by atoms with Crippen LogP contribution in [0.4, 0.5) is 5.95 Å². The largest absolute Gasteiger partial charge is 0.368 e. The first-order valence-corrected chi connectivity index (χ1v) is 5.41. The first kappa shape index (κ1) is 11.1. The summed E-state index contributed by atoms with van der Waals surface area (Å²) in [4.78, 5) is 8.36. The Morgan fingerprint density at radius 2 is 2.12 bits per heavy atom. The molecule has 0 aliphatic carbocycles. The van der Waals surface area contributed by atoms with Crippen LogP contribution < -0.4 is 11.5 Å². The van der Waals surface area contributed by atoms with E-state index in [1.165, 1.54) is 0 Å². The third-order valence-electron chi connectivity index (χ3n) is 2.27. The Balaban J connectivity index is 2.64. The van der Waals surface area contributed by atoms with E-state index in [-0.39, 0.29) is 12.0 Å². The first-order valence-electron chi connectivity index (χ1n) is 5.03. The number of rotatable bonds is 2. The van der Waals surface area contributed by atoms with Crippen LogP contribution in [0.3, 0.4) is 0 Å². The molecule has 0 amide bonds. The average Bonchev–Trinajstić information content (AvgIpc) is 2.18. The molecule has 1 heterocycles. The van der Waals surface area contributed by atoms with Gasteiger partial charge < -0.3 is 11.5 Å². The maximum Gasteiger partial charge on any atom is 0.220 e. The minimum Gasteiger partial charge on any atom is -0.368 e. The lowest BCUT2D eigenvalue weighted by Gasteiger charge is -2.09. The van der Waals surface area contributed by atoms with E-state index in [0.29, 0.717) is 11.4 Å². The molecule has 16 heavy (non-hydrogen) atoms. The van der Waals surface area contributed by atoms with Gasteiger partial charge in [0.15, 0.2) is 0 Å². The number of hydrogen-bond donors (Lipinski definition) is 2. The van der Waals surface area contributed by atoms with Gasteiger partial charge >= 0.3 is 0 Å². The molecule has 2 rings (SSSR count). The van der Waals surface area contributed by atoms with Gasteiger partial charge in [-0.2, -0.15) is 0 Å². The van der Waals surface area contributed by atoms with Crippen molar-refractivity contribution in [3.63, 3.8) is 0 Å². The first-order chi connectivity index (χ1) is 7.56. The molecule has 0 spiro atoms. The monoisotopic (exact) mass is 236 g/mol. The highest BCUT2D eigenvalue weighted by atomic mass is 35.5. The second kappa shape index (κ2) is 4.23. The number of nitrogens with zero attached hydrogens (tertiary/aromatic N) is 2. The predicted octanol–water partition coefficient (Wildman–Crippen LogP) is 1.76. The molecule has 1 unspecified atom stereocenters. The van der Waals surface area contributed by atoms with Crippen LogP contribution in [0.1, 0.15) is 12.6 Å². The molecule has 0 radical (unpaired) electrons. The normalized spacial score (nSPS) is 12.9. The molecule has 84 valence electrons. The van der Waals surface area contributed by atoms with Gasteiger partial charge in [-0.15, -0.1) is 0 Å². The summed E-state index contributed by atoms with van der Waals surface area (Å²) in [6.45, 7) is 1.93. The highest BCUT2D eigenvalue weighted by Crippen LogP contribution is 2.21. The van der Waals surface area contributed by atoms with E-state index >= 15 is 0 Å². The molecule has 0 fully saturated rings. The number of fused-ring (bicyclic) bond motifs is 1. The predicted molar refractivity (Wildman–Crippen MR) is 66.3 cm³/mol. The maximum absolute atomic E-state index is 5.95. The Morgan fingerprint density at radius 1 is 1.38 bits per heavy atom. The topological polar surface area (TPSA) is 77.8 Å². The molecule has 0 saturated heterocycles. The van der Waals surface area contributed by atoms with Gasteiger partial charge in [-0.3, -0.25) is 0 Å². The van der Waals surface area contributed by atoms with Crippen molar-refractivity contribution in [3.8, 4) is 0 Å². The van der Waals surface area contributed by atoms with Gasteiger partial charge in [-0.05, 0) is 25.1 Å². The van der Waals surface area contributed by atoms with Crippen LogP contribution in [0.5, 0.6) is 0 Å². The number of nitrogen functional groups attached to an aromatic ring is 1. The van der Waals surface area contributed by atoms with E-state index in [0.717, 1.165) is 16.6 Å². The van der Waals surface area contributed by atoms with E-state index in [9.17, 15) is 0 Å². The van der Waals surface area contributed by atoms with Gasteiger partial charge in [-0.1, -0.05) is 11.6 Å². The van der Waals surface area contributed by atoms with Crippen molar-refractivity contribution in [1.82, 2.24) is 9.97 Å². The summed E-state index contributed by atoms with van der Waals surface area (Å²) in [7, 11) is 0. The average molecular weight is 237 g/mol. The molecule has 0 bridgehead atoms. The molecule has 5 heteroatoms. The van der Waals surface area contributed by atoms with Gasteiger partial charge in [0.1, 0.15) is 0 Å².